The fourth-order valence-electron chi connectivity index (χ4n) is 2.80. The lowest BCUT2D eigenvalue weighted by Crippen LogP contribution is -2.25. The molecule has 2 aromatic rings. The number of nitrogens with zero attached hydrogens (tertiary/aromatic N) is 1. The van der Waals surface area contributed by atoms with E-state index in [9.17, 15) is 14.7 Å². The molecule has 1 aliphatic heterocycles. The second-order valence-corrected chi connectivity index (χ2v) is 5.23. The Morgan fingerprint density at radius 1 is 1.47 bits per heavy atom. The number of aromatic nitrogens is 1. The van der Waals surface area contributed by atoms with Gasteiger partial charge in [0.2, 0.25) is 5.43 Å². The first-order chi connectivity index (χ1) is 9.02. The van der Waals surface area contributed by atoms with E-state index >= 15 is 0 Å². The molecule has 1 aromatic heterocycles. The highest BCUT2D eigenvalue weighted by molar-refractivity contribution is 6.33. The van der Waals surface area contributed by atoms with Crippen LogP contribution in [0, 0.1) is 0 Å². The Balaban J connectivity index is 2.59. The number of halogens is 1. The van der Waals surface area contributed by atoms with Crippen molar-refractivity contribution in [2.75, 3.05) is 0 Å². The smallest absolute Gasteiger partial charge is 0.342 e. The van der Waals surface area contributed by atoms with Crippen molar-refractivity contribution in [3.63, 3.8) is 0 Å². The third-order valence-corrected chi connectivity index (χ3v) is 4.11. The van der Waals surface area contributed by atoms with Crippen molar-refractivity contribution < 1.29 is 9.90 Å². The quantitative estimate of drug-likeness (QED) is 0.816. The molecule has 0 spiro atoms. The van der Waals surface area contributed by atoms with Crippen LogP contribution in [0.25, 0.3) is 10.9 Å². The molecule has 2 heterocycles. The molecule has 1 atom stereocenters. The minimum Gasteiger partial charge on any atom is -0.477 e. The number of pyridine rings is 1. The monoisotopic (exact) mass is 277 g/mol. The van der Waals surface area contributed by atoms with E-state index in [1.807, 2.05) is 13.0 Å². The molecule has 0 fully saturated rings. The average molecular weight is 278 g/mol. The van der Waals surface area contributed by atoms with Crippen LogP contribution in [0.1, 0.15) is 35.3 Å². The summed E-state index contributed by atoms with van der Waals surface area (Å²) >= 11 is 6.17. The van der Waals surface area contributed by atoms with Gasteiger partial charge in [-0.2, -0.15) is 0 Å². The molecule has 19 heavy (non-hydrogen) atoms. The van der Waals surface area contributed by atoms with Crippen molar-refractivity contribution in [3.8, 4) is 0 Å². The van der Waals surface area contributed by atoms with Gasteiger partial charge in [0.05, 0.1) is 5.52 Å². The highest BCUT2D eigenvalue weighted by atomic mass is 35.5. The van der Waals surface area contributed by atoms with Crippen LogP contribution in [-0.4, -0.2) is 15.6 Å². The molecule has 0 bridgehead atoms. The maximum absolute atomic E-state index is 12.3. The van der Waals surface area contributed by atoms with Crippen LogP contribution in [0.3, 0.4) is 0 Å². The van der Waals surface area contributed by atoms with E-state index in [0.717, 1.165) is 23.9 Å². The van der Waals surface area contributed by atoms with E-state index < -0.39 is 11.4 Å². The summed E-state index contributed by atoms with van der Waals surface area (Å²) in [4.78, 5) is 23.5. The van der Waals surface area contributed by atoms with Gasteiger partial charge in [0.15, 0.2) is 0 Å². The van der Waals surface area contributed by atoms with Gasteiger partial charge in [-0.1, -0.05) is 23.7 Å². The first-order valence-electron chi connectivity index (χ1n) is 6.11. The first kappa shape index (κ1) is 12.2. The van der Waals surface area contributed by atoms with E-state index in [0.29, 0.717) is 5.39 Å². The van der Waals surface area contributed by atoms with Crippen LogP contribution < -0.4 is 5.43 Å². The number of hydrogen-bond acceptors (Lipinski definition) is 2. The van der Waals surface area contributed by atoms with Gasteiger partial charge in [-0.3, -0.25) is 4.79 Å². The zero-order valence-corrected chi connectivity index (χ0v) is 11.1. The van der Waals surface area contributed by atoms with Gasteiger partial charge in [0.25, 0.3) is 0 Å². The molecule has 1 aliphatic rings. The Morgan fingerprint density at radius 3 is 2.89 bits per heavy atom. The minimum absolute atomic E-state index is 0.0321. The summed E-state index contributed by atoms with van der Waals surface area (Å²) in [5.74, 6) is -1.27. The average Bonchev–Trinajstić information content (AvgIpc) is 2.36. The number of carboxylic acids is 1. The number of rotatable bonds is 1. The summed E-state index contributed by atoms with van der Waals surface area (Å²) in [5, 5.41) is 9.67. The molecule has 3 rings (SSSR count). The summed E-state index contributed by atoms with van der Waals surface area (Å²) in [7, 11) is 0. The number of aryl methyl sites for hydroxylation is 1. The van der Waals surface area contributed by atoms with E-state index in [1.54, 1.807) is 16.7 Å². The Labute approximate surface area is 114 Å². The Morgan fingerprint density at radius 2 is 2.21 bits per heavy atom. The molecule has 1 unspecified atom stereocenters. The van der Waals surface area contributed by atoms with Crippen molar-refractivity contribution in [1.29, 1.82) is 0 Å². The van der Waals surface area contributed by atoms with E-state index in [-0.39, 0.29) is 16.8 Å². The standard InChI is InChI=1S/C14H12ClNO3/c1-7-5-6-8-3-2-4-9-11(8)16(7)13(15)10(12(9)17)14(18)19/h2-4,7H,5-6H2,1H3,(H,18,19). The Kier molecular flexibility index (Phi) is 2.64. The first-order valence-corrected chi connectivity index (χ1v) is 6.49. The molecular weight excluding hydrogens is 266 g/mol. The second kappa shape index (κ2) is 4.10. The van der Waals surface area contributed by atoms with Crippen molar-refractivity contribution in [2.45, 2.75) is 25.8 Å². The van der Waals surface area contributed by atoms with Crippen LogP contribution in [0.4, 0.5) is 0 Å². The fourth-order valence-corrected chi connectivity index (χ4v) is 3.22. The summed E-state index contributed by atoms with van der Waals surface area (Å²) in [6.45, 7) is 1.98. The lowest BCUT2D eigenvalue weighted by molar-refractivity contribution is 0.0695. The highest BCUT2D eigenvalue weighted by Crippen LogP contribution is 2.33. The molecule has 0 amide bonds. The van der Waals surface area contributed by atoms with Crippen LogP contribution in [0.5, 0.6) is 0 Å². The number of benzene rings is 1. The predicted molar refractivity (Wildman–Crippen MR) is 73.2 cm³/mol. The van der Waals surface area contributed by atoms with Crippen LogP contribution in [0.2, 0.25) is 5.15 Å². The normalized spacial score (nSPS) is 17.7. The van der Waals surface area contributed by atoms with Crippen LogP contribution >= 0.6 is 11.6 Å². The third-order valence-electron chi connectivity index (χ3n) is 3.74. The molecule has 0 aliphatic carbocycles. The second-order valence-electron chi connectivity index (χ2n) is 4.87. The minimum atomic E-state index is -1.27. The SMILES string of the molecule is CC1CCc2cccc3c(=O)c(C(=O)O)c(Cl)n1c23. The van der Waals surface area contributed by atoms with Crippen molar-refractivity contribution in [1.82, 2.24) is 4.57 Å². The van der Waals surface area contributed by atoms with Gasteiger partial charge in [0.1, 0.15) is 10.7 Å². The van der Waals surface area contributed by atoms with Gasteiger partial charge in [-0.15, -0.1) is 0 Å². The zero-order chi connectivity index (χ0) is 13.7. The molecule has 98 valence electrons. The Bertz CT molecular complexity index is 763. The summed E-state index contributed by atoms with van der Waals surface area (Å²) in [5.41, 5.74) is 0.993. The summed E-state index contributed by atoms with van der Waals surface area (Å²) in [6, 6.07) is 5.50. The van der Waals surface area contributed by atoms with Gasteiger partial charge >= 0.3 is 5.97 Å². The Hall–Kier alpha value is -1.81. The number of aromatic carboxylic acids is 1. The third kappa shape index (κ3) is 1.60. The van der Waals surface area contributed by atoms with E-state index in [1.165, 1.54) is 0 Å². The lowest BCUT2D eigenvalue weighted by atomic mass is 9.96. The molecule has 5 heteroatoms. The molecule has 0 saturated carbocycles. The highest BCUT2D eigenvalue weighted by Gasteiger charge is 2.26. The van der Waals surface area contributed by atoms with Gasteiger partial charge in [-0.25, -0.2) is 4.79 Å². The number of carboxylic acid groups (broad SMARTS) is 1. The molecule has 0 radical (unpaired) electrons. The molecule has 0 saturated heterocycles. The van der Waals surface area contributed by atoms with Crippen molar-refractivity contribution >= 4 is 28.5 Å². The summed E-state index contributed by atoms with van der Waals surface area (Å²) in [6.07, 6.45) is 1.76. The van der Waals surface area contributed by atoms with Crippen LogP contribution in [0.15, 0.2) is 23.0 Å². The summed E-state index contributed by atoms with van der Waals surface area (Å²) < 4.78 is 1.78. The zero-order valence-electron chi connectivity index (χ0n) is 10.3. The maximum Gasteiger partial charge on any atom is 0.342 e. The lowest BCUT2D eigenvalue weighted by Gasteiger charge is -2.27. The predicted octanol–water partition coefficient (Wildman–Crippen LogP) is 2.86. The molecular formula is C14H12ClNO3. The molecule has 1 N–H and O–H groups in total. The van der Waals surface area contributed by atoms with E-state index in [2.05, 4.69) is 0 Å². The topological polar surface area (TPSA) is 59.3 Å². The molecule has 1 aromatic carbocycles. The van der Waals surface area contributed by atoms with Crippen molar-refractivity contribution in [2.24, 2.45) is 0 Å². The number of para-hydroxylation sites is 1. The van der Waals surface area contributed by atoms with Gasteiger partial charge < -0.3 is 9.67 Å². The molecule has 4 nitrogen and oxygen atoms in total. The van der Waals surface area contributed by atoms with Crippen LogP contribution in [-0.2, 0) is 6.42 Å². The van der Waals surface area contributed by atoms with E-state index in [4.69, 9.17) is 11.6 Å². The van der Waals surface area contributed by atoms with Crippen molar-refractivity contribution in [3.05, 3.63) is 44.7 Å². The van der Waals surface area contributed by atoms with Gasteiger partial charge in [0, 0.05) is 11.4 Å². The fraction of sp³-hybridized carbons (Fsp3) is 0.286. The largest absolute Gasteiger partial charge is 0.477 e. The number of carbonyl (C=O) groups is 1. The maximum atomic E-state index is 12.3. The van der Waals surface area contributed by atoms with Gasteiger partial charge in [-0.05, 0) is 31.4 Å². The number of hydrogen-bond donors (Lipinski definition) is 1.